The molecule has 0 aliphatic carbocycles. The van der Waals surface area contributed by atoms with Crippen LogP contribution in [0.1, 0.15) is 36.9 Å². The van der Waals surface area contributed by atoms with Gasteiger partial charge in [0, 0.05) is 36.5 Å². The second kappa shape index (κ2) is 7.92. The Hall–Kier alpha value is -2.00. The molecule has 0 saturated carbocycles. The predicted octanol–water partition coefficient (Wildman–Crippen LogP) is 1.54. The third-order valence-corrected chi connectivity index (χ3v) is 5.93. The van der Waals surface area contributed by atoms with Gasteiger partial charge < -0.3 is 11.1 Å². The summed E-state index contributed by atoms with van der Waals surface area (Å²) in [4.78, 5) is 10.6. The lowest BCUT2D eigenvalue weighted by Gasteiger charge is -2.26. The minimum absolute atomic E-state index is 0.00777. The zero-order chi connectivity index (χ0) is 18.6. The molecule has 1 atom stereocenters. The van der Waals surface area contributed by atoms with Crippen molar-refractivity contribution < 1.29 is 22.0 Å². The van der Waals surface area contributed by atoms with Crippen LogP contribution >= 0.6 is 0 Å². The van der Waals surface area contributed by atoms with E-state index >= 15 is 0 Å². The molecule has 1 aliphatic heterocycles. The number of hydrogen-bond donors (Lipinski definition) is 2. The lowest BCUT2D eigenvalue weighted by molar-refractivity contribution is -0.113. The number of halogens is 2. The van der Waals surface area contributed by atoms with Gasteiger partial charge in [-0.1, -0.05) is 0 Å². The molecule has 1 unspecified atom stereocenters. The summed E-state index contributed by atoms with van der Waals surface area (Å²) < 4.78 is 53.8. The summed E-state index contributed by atoms with van der Waals surface area (Å²) in [7, 11) is -3.42. The van der Waals surface area contributed by atoms with Gasteiger partial charge in [0.1, 0.15) is 11.6 Å². The van der Waals surface area contributed by atoms with Gasteiger partial charge in [-0.3, -0.25) is 4.79 Å². The van der Waals surface area contributed by atoms with Crippen molar-refractivity contribution in [2.75, 3.05) is 12.3 Å². The Balaban J connectivity index is 2.18. The minimum Gasteiger partial charge on any atom is -0.384 e. The van der Waals surface area contributed by atoms with Crippen molar-refractivity contribution in [1.82, 2.24) is 9.62 Å². The average Bonchev–Trinajstić information content (AvgIpc) is 2.51. The number of hydrogen-bond acceptors (Lipinski definition) is 4. The Kier molecular flexibility index (Phi) is 6.12. The van der Waals surface area contributed by atoms with Crippen LogP contribution in [0, 0.1) is 11.6 Å². The van der Waals surface area contributed by atoms with Crippen molar-refractivity contribution in [2.24, 2.45) is 5.73 Å². The Morgan fingerprint density at radius 1 is 1.36 bits per heavy atom. The highest BCUT2D eigenvalue weighted by Gasteiger charge is 2.27. The zero-order valence-electron chi connectivity index (χ0n) is 13.8. The van der Waals surface area contributed by atoms with Crippen molar-refractivity contribution in [3.63, 3.8) is 0 Å². The van der Waals surface area contributed by atoms with Gasteiger partial charge in [-0.05, 0) is 31.9 Å². The topological polar surface area (TPSA) is 92.5 Å². The SMILES string of the molecule is CC(N/C=C\C(N)=O)c1cc(F)c(CN2CCCCS2(=O)=O)cc1F. The van der Waals surface area contributed by atoms with Gasteiger partial charge in [0.2, 0.25) is 15.9 Å². The largest absolute Gasteiger partial charge is 0.384 e. The van der Waals surface area contributed by atoms with Crippen LogP contribution in [0.2, 0.25) is 0 Å². The summed E-state index contributed by atoms with van der Waals surface area (Å²) in [5.74, 6) is -1.96. The molecule has 9 heteroatoms. The highest BCUT2D eigenvalue weighted by atomic mass is 32.2. The van der Waals surface area contributed by atoms with E-state index in [1.807, 2.05) is 0 Å². The fourth-order valence-electron chi connectivity index (χ4n) is 2.63. The summed E-state index contributed by atoms with van der Waals surface area (Å²) in [6.45, 7) is 1.72. The van der Waals surface area contributed by atoms with E-state index in [9.17, 15) is 22.0 Å². The number of nitrogens with two attached hydrogens (primary N) is 1. The molecule has 25 heavy (non-hydrogen) atoms. The molecule has 1 saturated heterocycles. The molecule has 0 radical (unpaired) electrons. The van der Waals surface area contributed by atoms with E-state index in [0.29, 0.717) is 19.4 Å². The van der Waals surface area contributed by atoms with Gasteiger partial charge in [0.05, 0.1) is 11.8 Å². The number of primary amides is 1. The van der Waals surface area contributed by atoms with E-state index < -0.39 is 33.6 Å². The molecule has 1 amide bonds. The second-order valence-electron chi connectivity index (χ2n) is 5.95. The number of carbonyl (C=O) groups excluding carboxylic acids is 1. The summed E-state index contributed by atoms with van der Waals surface area (Å²) >= 11 is 0. The number of rotatable bonds is 6. The molecule has 1 heterocycles. The third-order valence-electron chi connectivity index (χ3n) is 4.03. The first-order valence-corrected chi connectivity index (χ1v) is 9.49. The fraction of sp³-hybridized carbons (Fsp3) is 0.438. The lowest BCUT2D eigenvalue weighted by Crippen LogP contribution is -2.37. The van der Waals surface area contributed by atoms with E-state index in [2.05, 4.69) is 5.32 Å². The predicted molar refractivity (Wildman–Crippen MR) is 89.7 cm³/mol. The first-order valence-electron chi connectivity index (χ1n) is 7.88. The van der Waals surface area contributed by atoms with E-state index in [1.54, 1.807) is 6.92 Å². The Morgan fingerprint density at radius 2 is 2.08 bits per heavy atom. The van der Waals surface area contributed by atoms with Crippen LogP contribution in [0.5, 0.6) is 0 Å². The molecule has 0 bridgehead atoms. The minimum atomic E-state index is -3.42. The Bertz CT molecular complexity index is 781. The molecule has 138 valence electrons. The van der Waals surface area contributed by atoms with Crippen LogP contribution in [-0.2, 0) is 21.4 Å². The van der Waals surface area contributed by atoms with Crippen LogP contribution < -0.4 is 11.1 Å². The Labute approximate surface area is 145 Å². The second-order valence-corrected chi connectivity index (χ2v) is 8.03. The van der Waals surface area contributed by atoms with Crippen LogP contribution in [0.25, 0.3) is 0 Å². The normalized spacial score (nSPS) is 19.0. The number of sulfonamides is 1. The summed E-state index contributed by atoms with van der Waals surface area (Å²) in [5, 5.41) is 2.72. The highest BCUT2D eigenvalue weighted by molar-refractivity contribution is 7.89. The summed E-state index contributed by atoms with van der Waals surface area (Å²) in [6, 6.07) is 1.46. The van der Waals surface area contributed by atoms with Crippen LogP contribution in [0.3, 0.4) is 0 Å². The molecule has 0 aromatic heterocycles. The number of amides is 1. The van der Waals surface area contributed by atoms with Crippen LogP contribution in [-0.4, -0.2) is 30.9 Å². The van der Waals surface area contributed by atoms with Gasteiger partial charge in [-0.2, -0.15) is 4.31 Å². The zero-order valence-corrected chi connectivity index (χ0v) is 14.7. The van der Waals surface area contributed by atoms with Gasteiger partial charge in [0.25, 0.3) is 0 Å². The molecule has 6 nitrogen and oxygen atoms in total. The summed E-state index contributed by atoms with van der Waals surface area (Å²) in [5.41, 5.74) is 5.01. The van der Waals surface area contributed by atoms with E-state index in [4.69, 9.17) is 5.73 Å². The Morgan fingerprint density at radius 3 is 2.72 bits per heavy atom. The van der Waals surface area contributed by atoms with Gasteiger partial charge >= 0.3 is 0 Å². The first-order chi connectivity index (χ1) is 11.7. The number of nitrogens with one attached hydrogen (secondary N) is 1. The molecular formula is C16H21F2N3O3S. The quantitative estimate of drug-likeness (QED) is 0.740. The molecular weight excluding hydrogens is 352 g/mol. The molecule has 3 N–H and O–H groups in total. The van der Waals surface area contributed by atoms with E-state index in [-0.39, 0.29) is 23.4 Å². The van der Waals surface area contributed by atoms with Crippen molar-refractivity contribution in [3.05, 3.63) is 47.2 Å². The molecule has 1 fully saturated rings. The first kappa shape index (κ1) is 19.3. The van der Waals surface area contributed by atoms with Crippen molar-refractivity contribution in [1.29, 1.82) is 0 Å². The smallest absolute Gasteiger partial charge is 0.242 e. The highest BCUT2D eigenvalue weighted by Crippen LogP contribution is 2.24. The van der Waals surface area contributed by atoms with Crippen molar-refractivity contribution >= 4 is 15.9 Å². The monoisotopic (exact) mass is 373 g/mol. The van der Waals surface area contributed by atoms with E-state index in [1.165, 1.54) is 10.5 Å². The summed E-state index contributed by atoms with van der Waals surface area (Å²) in [6.07, 6.45) is 3.62. The molecule has 2 rings (SSSR count). The van der Waals surface area contributed by atoms with Gasteiger partial charge in [-0.15, -0.1) is 0 Å². The maximum Gasteiger partial charge on any atom is 0.242 e. The van der Waals surface area contributed by atoms with E-state index in [0.717, 1.165) is 18.2 Å². The van der Waals surface area contributed by atoms with Crippen molar-refractivity contribution in [2.45, 2.75) is 32.4 Å². The lowest BCUT2D eigenvalue weighted by atomic mass is 10.0. The van der Waals surface area contributed by atoms with Crippen LogP contribution in [0.15, 0.2) is 24.4 Å². The standard InChI is InChI=1S/C16H21F2N3O3S/c1-11(20-5-4-16(19)22)13-9-14(17)12(8-15(13)18)10-21-6-2-3-7-25(21,23)24/h4-5,8-9,11,20H,2-3,6-7,10H2,1H3,(H2,19,22)/b5-4-. The van der Waals surface area contributed by atoms with Crippen LogP contribution in [0.4, 0.5) is 8.78 Å². The molecule has 0 spiro atoms. The fourth-order valence-corrected chi connectivity index (χ4v) is 4.20. The molecule has 1 aromatic rings. The van der Waals surface area contributed by atoms with Gasteiger partial charge in [0.15, 0.2) is 0 Å². The van der Waals surface area contributed by atoms with Crippen molar-refractivity contribution in [3.8, 4) is 0 Å². The number of nitrogens with zero attached hydrogens (tertiary/aromatic N) is 1. The van der Waals surface area contributed by atoms with Gasteiger partial charge in [-0.25, -0.2) is 17.2 Å². The molecule has 1 aliphatic rings. The number of carbonyl (C=O) groups is 1. The maximum atomic E-state index is 14.3. The number of benzene rings is 1. The maximum absolute atomic E-state index is 14.3. The average molecular weight is 373 g/mol. The molecule has 1 aromatic carbocycles. The third kappa shape index (κ3) is 4.99.